The lowest BCUT2D eigenvalue weighted by atomic mass is 10.1. The highest BCUT2D eigenvalue weighted by Gasteiger charge is 2.22. The first-order chi connectivity index (χ1) is 6.03. The molecule has 1 saturated heterocycles. The van der Waals surface area contributed by atoms with E-state index >= 15 is 0 Å². The number of nitrogens with zero attached hydrogens (tertiary/aromatic N) is 1. The van der Waals surface area contributed by atoms with Crippen molar-refractivity contribution in [2.75, 3.05) is 11.5 Å². The van der Waals surface area contributed by atoms with Crippen molar-refractivity contribution in [3.05, 3.63) is 0 Å². The average Bonchev–Trinajstić information content (AvgIpc) is 2.50. The Morgan fingerprint density at radius 2 is 2.23 bits per heavy atom. The van der Waals surface area contributed by atoms with E-state index in [1.54, 1.807) is 0 Å². The monoisotopic (exact) mass is 201 g/mol. The molecule has 13 heavy (non-hydrogen) atoms. The Morgan fingerprint density at radius 1 is 1.54 bits per heavy atom. The van der Waals surface area contributed by atoms with E-state index < -0.39 is 0 Å². The van der Waals surface area contributed by atoms with Crippen LogP contribution in [0.15, 0.2) is 4.99 Å². The molecule has 1 aliphatic heterocycles. The fourth-order valence-electron chi connectivity index (χ4n) is 1.35. The summed E-state index contributed by atoms with van der Waals surface area (Å²) in [5, 5.41) is 0. The van der Waals surface area contributed by atoms with E-state index in [1.807, 2.05) is 11.8 Å². The topological polar surface area (TPSA) is 50.4 Å². The third-order valence-corrected chi connectivity index (χ3v) is 3.08. The van der Waals surface area contributed by atoms with Gasteiger partial charge in [0.15, 0.2) is 0 Å². The Morgan fingerprint density at radius 3 is 2.62 bits per heavy atom. The van der Waals surface area contributed by atoms with E-state index in [4.69, 9.17) is 5.84 Å². The van der Waals surface area contributed by atoms with Crippen LogP contribution in [0.25, 0.3) is 0 Å². The van der Waals surface area contributed by atoms with Crippen molar-refractivity contribution in [3.8, 4) is 0 Å². The quantitative estimate of drug-likeness (QED) is 0.292. The lowest BCUT2D eigenvalue weighted by Gasteiger charge is -2.18. The summed E-state index contributed by atoms with van der Waals surface area (Å²) in [7, 11) is 0. The Labute approximate surface area is 84.5 Å². The van der Waals surface area contributed by atoms with Gasteiger partial charge in [-0.3, -0.25) is 4.99 Å². The molecule has 1 atom stereocenters. The number of amidine groups is 1. The van der Waals surface area contributed by atoms with Crippen LogP contribution in [0.1, 0.15) is 27.2 Å². The third-order valence-electron chi connectivity index (χ3n) is 1.92. The summed E-state index contributed by atoms with van der Waals surface area (Å²) >= 11 is 1.98. The summed E-state index contributed by atoms with van der Waals surface area (Å²) in [6, 6.07) is 0. The highest BCUT2D eigenvalue weighted by atomic mass is 32.2. The van der Waals surface area contributed by atoms with E-state index in [2.05, 4.69) is 31.2 Å². The standard InChI is InChI=1S/C9H19N3S/c1-9(2,3)11-8(12-10)7-4-5-13-6-7/h7H,4-6,10H2,1-3H3,(H,11,12). The number of nitrogens with one attached hydrogen (secondary N) is 1. The molecular formula is C9H19N3S. The van der Waals surface area contributed by atoms with E-state index in [0.29, 0.717) is 5.92 Å². The Kier molecular flexibility index (Phi) is 3.62. The summed E-state index contributed by atoms with van der Waals surface area (Å²) in [6.45, 7) is 6.27. The van der Waals surface area contributed by atoms with E-state index in [-0.39, 0.29) is 5.54 Å². The summed E-state index contributed by atoms with van der Waals surface area (Å²) in [6.07, 6.45) is 1.20. The molecule has 0 aromatic rings. The first kappa shape index (κ1) is 10.9. The molecule has 4 heteroatoms. The highest BCUT2D eigenvalue weighted by Crippen LogP contribution is 2.24. The average molecular weight is 201 g/mol. The lowest BCUT2D eigenvalue weighted by molar-refractivity contribution is 0.568. The predicted molar refractivity (Wildman–Crippen MR) is 59.9 cm³/mol. The van der Waals surface area contributed by atoms with Crippen LogP contribution >= 0.6 is 11.8 Å². The van der Waals surface area contributed by atoms with Crippen molar-refractivity contribution >= 4 is 17.6 Å². The molecule has 1 unspecified atom stereocenters. The summed E-state index contributed by atoms with van der Waals surface area (Å²) in [5.74, 6) is 9.36. The van der Waals surface area contributed by atoms with Crippen LogP contribution in [-0.2, 0) is 0 Å². The van der Waals surface area contributed by atoms with Crippen LogP contribution in [0.3, 0.4) is 0 Å². The normalized spacial score (nSPS) is 24.9. The van der Waals surface area contributed by atoms with Gasteiger partial charge < -0.3 is 5.43 Å². The molecule has 76 valence electrons. The zero-order valence-electron chi connectivity index (χ0n) is 8.63. The number of hydrogen-bond donors (Lipinski definition) is 2. The van der Waals surface area contributed by atoms with Crippen molar-refractivity contribution in [3.63, 3.8) is 0 Å². The van der Waals surface area contributed by atoms with Gasteiger partial charge in [-0.05, 0) is 32.9 Å². The van der Waals surface area contributed by atoms with E-state index in [0.717, 1.165) is 11.6 Å². The molecule has 0 spiro atoms. The number of hydrazine groups is 1. The van der Waals surface area contributed by atoms with Crippen LogP contribution < -0.4 is 11.3 Å². The van der Waals surface area contributed by atoms with Crippen LogP contribution in [0.5, 0.6) is 0 Å². The molecule has 0 bridgehead atoms. The Hall–Kier alpha value is -0.220. The second kappa shape index (κ2) is 4.33. The third kappa shape index (κ3) is 3.56. The van der Waals surface area contributed by atoms with Gasteiger partial charge in [-0.2, -0.15) is 11.8 Å². The molecule has 1 heterocycles. The lowest BCUT2D eigenvalue weighted by Crippen LogP contribution is -2.38. The minimum Gasteiger partial charge on any atom is -0.312 e. The SMILES string of the molecule is CC(C)(C)N=C(NN)C1CCSC1. The Balaban J connectivity index is 2.65. The fraction of sp³-hybridized carbons (Fsp3) is 0.889. The number of hydrogen-bond acceptors (Lipinski definition) is 3. The first-order valence-electron chi connectivity index (χ1n) is 4.67. The van der Waals surface area contributed by atoms with Crippen molar-refractivity contribution in [1.82, 2.24) is 5.43 Å². The van der Waals surface area contributed by atoms with Crippen LogP contribution in [0.4, 0.5) is 0 Å². The number of aliphatic imine (C=N–C) groups is 1. The van der Waals surface area contributed by atoms with Gasteiger partial charge in [0.1, 0.15) is 5.84 Å². The van der Waals surface area contributed by atoms with Crippen LogP contribution in [-0.4, -0.2) is 22.9 Å². The fourth-order valence-corrected chi connectivity index (χ4v) is 2.58. The molecule has 0 aromatic carbocycles. The minimum atomic E-state index is -0.0328. The maximum Gasteiger partial charge on any atom is 0.115 e. The molecule has 0 saturated carbocycles. The molecule has 0 aromatic heterocycles. The summed E-state index contributed by atoms with van der Waals surface area (Å²) < 4.78 is 0. The number of nitrogens with two attached hydrogens (primary N) is 1. The van der Waals surface area contributed by atoms with Crippen LogP contribution in [0, 0.1) is 5.92 Å². The maximum atomic E-state index is 5.47. The van der Waals surface area contributed by atoms with Gasteiger partial charge in [-0.25, -0.2) is 5.84 Å². The van der Waals surface area contributed by atoms with Crippen molar-refractivity contribution in [2.45, 2.75) is 32.7 Å². The second-order valence-electron chi connectivity index (χ2n) is 4.37. The molecule has 0 radical (unpaired) electrons. The van der Waals surface area contributed by atoms with Gasteiger partial charge in [0, 0.05) is 11.7 Å². The van der Waals surface area contributed by atoms with Crippen LogP contribution in [0.2, 0.25) is 0 Å². The predicted octanol–water partition coefficient (Wildman–Crippen LogP) is 1.40. The first-order valence-corrected chi connectivity index (χ1v) is 5.82. The van der Waals surface area contributed by atoms with Gasteiger partial charge in [0.05, 0.1) is 5.54 Å². The van der Waals surface area contributed by atoms with Gasteiger partial charge in [0.25, 0.3) is 0 Å². The molecule has 0 amide bonds. The van der Waals surface area contributed by atoms with Crippen molar-refractivity contribution in [2.24, 2.45) is 16.8 Å². The zero-order chi connectivity index (χ0) is 9.90. The van der Waals surface area contributed by atoms with Gasteiger partial charge in [-0.1, -0.05) is 0 Å². The molecule has 3 N–H and O–H groups in total. The van der Waals surface area contributed by atoms with Crippen molar-refractivity contribution < 1.29 is 0 Å². The zero-order valence-corrected chi connectivity index (χ0v) is 9.45. The second-order valence-corrected chi connectivity index (χ2v) is 5.52. The highest BCUT2D eigenvalue weighted by molar-refractivity contribution is 7.99. The maximum absolute atomic E-state index is 5.47. The molecule has 1 aliphatic rings. The molecule has 1 rings (SSSR count). The molecule has 1 fully saturated rings. The molecule has 3 nitrogen and oxygen atoms in total. The molecular weight excluding hydrogens is 182 g/mol. The van der Waals surface area contributed by atoms with Gasteiger partial charge >= 0.3 is 0 Å². The van der Waals surface area contributed by atoms with E-state index in [9.17, 15) is 0 Å². The number of rotatable bonds is 1. The summed E-state index contributed by atoms with van der Waals surface area (Å²) in [5.41, 5.74) is 2.70. The smallest absolute Gasteiger partial charge is 0.115 e. The van der Waals surface area contributed by atoms with Crippen molar-refractivity contribution in [1.29, 1.82) is 0 Å². The number of thioether (sulfide) groups is 1. The van der Waals surface area contributed by atoms with Gasteiger partial charge in [0.2, 0.25) is 0 Å². The minimum absolute atomic E-state index is 0.0328. The van der Waals surface area contributed by atoms with E-state index in [1.165, 1.54) is 12.2 Å². The van der Waals surface area contributed by atoms with Gasteiger partial charge in [-0.15, -0.1) is 0 Å². The molecule has 0 aliphatic carbocycles. The summed E-state index contributed by atoms with van der Waals surface area (Å²) in [4.78, 5) is 4.58. The Bertz CT molecular complexity index is 190. The largest absolute Gasteiger partial charge is 0.312 e.